The number of likely N-dealkylation sites (tertiary alicyclic amines) is 1. The third-order valence-electron chi connectivity index (χ3n) is 4.80. The van der Waals surface area contributed by atoms with Crippen molar-refractivity contribution < 1.29 is 13.8 Å². The molecule has 8 heteroatoms. The minimum absolute atomic E-state index is 0.0907. The molecule has 1 fully saturated rings. The van der Waals surface area contributed by atoms with Crippen LogP contribution in [0.1, 0.15) is 46.7 Å². The molecule has 0 spiro atoms. The van der Waals surface area contributed by atoms with Crippen molar-refractivity contribution in [2.75, 3.05) is 6.54 Å². The maximum absolute atomic E-state index is 12.6. The van der Waals surface area contributed by atoms with Crippen LogP contribution in [0.15, 0.2) is 21.2 Å². The molecule has 1 atom stereocenters. The lowest BCUT2D eigenvalue weighted by molar-refractivity contribution is -0.140. The lowest BCUT2D eigenvalue weighted by Gasteiger charge is -2.38. The van der Waals surface area contributed by atoms with Crippen LogP contribution >= 0.6 is 11.3 Å². The van der Waals surface area contributed by atoms with E-state index in [0.717, 1.165) is 34.9 Å². The maximum atomic E-state index is 12.6. The van der Waals surface area contributed by atoms with Crippen LogP contribution in [0.4, 0.5) is 0 Å². The molecule has 1 aliphatic rings. The largest absolute Gasteiger partial charge is 0.361 e. The van der Waals surface area contributed by atoms with Gasteiger partial charge in [-0.2, -0.15) is 4.98 Å². The summed E-state index contributed by atoms with van der Waals surface area (Å²) in [6.45, 7) is 6.54. The number of rotatable bonds is 5. The molecule has 136 valence electrons. The van der Waals surface area contributed by atoms with Gasteiger partial charge in [0.2, 0.25) is 17.6 Å². The number of amides is 1. The van der Waals surface area contributed by atoms with Crippen LogP contribution in [0.5, 0.6) is 0 Å². The van der Waals surface area contributed by atoms with Crippen molar-refractivity contribution in [2.45, 2.75) is 46.1 Å². The number of thiophene rings is 1. The highest BCUT2D eigenvalue weighted by Gasteiger charge is 2.37. The zero-order valence-corrected chi connectivity index (χ0v) is 15.8. The summed E-state index contributed by atoms with van der Waals surface area (Å²) in [5.41, 5.74) is 1.87. The van der Waals surface area contributed by atoms with Gasteiger partial charge in [-0.15, -0.1) is 11.3 Å². The second-order valence-electron chi connectivity index (χ2n) is 6.56. The summed E-state index contributed by atoms with van der Waals surface area (Å²) in [5.74, 6) is 1.98. The van der Waals surface area contributed by atoms with Crippen LogP contribution in [0.25, 0.3) is 10.7 Å². The third-order valence-corrected chi connectivity index (χ3v) is 5.79. The summed E-state index contributed by atoms with van der Waals surface area (Å²) in [5, 5.41) is 8.01. The van der Waals surface area contributed by atoms with Gasteiger partial charge in [-0.3, -0.25) is 4.79 Å². The molecular weight excluding hydrogens is 352 g/mol. The van der Waals surface area contributed by atoms with E-state index in [2.05, 4.69) is 15.3 Å². The van der Waals surface area contributed by atoms with E-state index in [9.17, 15) is 4.79 Å². The Kier molecular flexibility index (Phi) is 4.36. The van der Waals surface area contributed by atoms with Gasteiger partial charge in [-0.05, 0) is 45.7 Å². The number of hydrogen-bond donors (Lipinski definition) is 0. The van der Waals surface area contributed by atoms with Crippen LogP contribution in [0, 0.1) is 20.8 Å². The lowest BCUT2D eigenvalue weighted by Crippen LogP contribution is -2.45. The fourth-order valence-electron chi connectivity index (χ4n) is 3.20. The molecule has 0 aliphatic carbocycles. The minimum atomic E-state index is -0.116. The number of hydrogen-bond acceptors (Lipinski definition) is 7. The van der Waals surface area contributed by atoms with Gasteiger partial charge in [0, 0.05) is 23.4 Å². The quantitative estimate of drug-likeness (QED) is 0.680. The van der Waals surface area contributed by atoms with Crippen molar-refractivity contribution in [1.29, 1.82) is 0 Å². The number of carbonyl (C=O) groups excluding carboxylic acids is 1. The zero-order valence-electron chi connectivity index (χ0n) is 15.0. The van der Waals surface area contributed by atoms with Gasteiger partial charge >= 0.3 is 0 Å². The van der Waals surface area contributed by atoms with Gasteiger partial charge in [0.15, 0.2) is 0 Å². The highest BCUT2D eigenvalue weighted by atomic mass is 32.1. The first kappa shape index (κ1) is 17.0. The number of nitrogens with zero attached hydrogens (tertiary/aromatic N) is 4. The predicted octanol–water partition coefficient (Wildman–Crippen LogP) is 3.62. The molecule has 0 bridgehead atoms. The van der Waals surface area contributed by atoms with Crippen molar-refractivity contribution in [3.8, 4) is 10.7 Å². The Morgan fingerprint density at radius 1 is 1.27 bits per heavy atom. The third kappa shape index (κ3) is 3.05. The first-order valence-corrected chi connectivity index (χ1v) is 9.46. The second kappa shape index (κ2) is 6.68. The van der Waals surface area contributed by atoms with Gasteiger partial charge in [-0.1, -0.05) is 10.3 Å². The predicted molar refractivity (Wildman–Crippen MR) is 95.7 cm³/mol. The molecule has 7 nitrogen and oxygen atoms in total. The summed E-state index contributed by atoms with van der Waals surface area (Å²) in [6.07, 6.45) is 1.90. The molecule has 0 N–H and O–H groups in total. The fourth-order valence-corrected chi connectivity index (χ4v) is 4.00. The maximum Gasteiger partial charge on any atom is 0.249 e. The van der Waals surface area contributed by atoms with Crippen molar-refractivity contribution in [3.63, 3.8) is 0 Å². The molecule has 1 amide bonds. The molecule has 1 saturated heterocycles. The molecule has 0 saturated carbocycles. The summed E-state index contributed by atoms with van der Waals surface area (Å²) in [6, 6.07) is 3.90. The van der Waals surface area contributed by atoms with E-state index in [0.29, 0.717) is 24.6 Å². The van der Waals surface area contributed by atoms with Crippen molar-refractivity contribution in [3.05, 3.63) is 39.9 Å². The number of aromatic nitrogens is 3. The smallest absolute Gasteiger partial charge is 0.249 e. The Morgan fingerprint density at radius 3 is 2.73 bits per heavy atom. The first-order chi connectivity index (χ1) is 12.5. The molecular formula is C18H20N4O3S. The van der Waals surface area contributed by atoms with Crippen LogP contribution in [-0.4, -0.2) is 32.6 Å². The van der Waals surface area contributed by atoms with E-state index in [-0.39, 0.29) is 11.9 Å². The standard InChI is InChI=1S/C18H20N4O3S/c1-10-4-6-15(26-10)17-19-18(25-21-17)14-8-9-22(14)16(23)7-5-13-11(2)20-24-12(13)3/h4,6,14H,5,7-9H2,1-3H3/t14-/m0/s1. The van der Waals surface area contributed by atoms with Crippen molar-refractivity contribution >= 4 is 17.2 Å². The SMILES string of the molecule is Cc1ccc(-c2noc([C@@H]3CCN3C(=O)CCc3c(C)noc3C)n2)s1. The van der Waals surface area contributed by atoms with Gasteiger partial charge in [0.05, 0.1) is 10.6 Å². The molecule has 4 heterocycles. The molecule has 3 aromatic heterocycles. The number of carbonyl (C=O) groups is 1. The van der Waals surface area contributed by atoms with Crippen LogP contribution in [-0.2, 0) is 11.2 Å². The Labute approximate surface area is 155 Å². The molecule has 1 aliphatic heterocycles. The fraction of sp³-hybridized carbons (Fsp3) is 0.444. The second-order valence-corrected chi connectivity index (χ2v) is 7.85. The summed E-state index contributed by atoms with van der Waals surface area (Å²) >= 11 is 1.63. The van der Waals surface area contributed by atoms with Crippen LogP contribution in [0.2, 0.25) is 0 Å². The first-order valence-electron chi connectivity index (χ1n) is 8.64. The van der Waals surface area contributed by atoms with Gasteiger partial charge in [-0.25, -0.2) is 0 Å². The minimum Gasteiger partial charge on any atom is -0.361 e. The van der Waals surface area contributed by atoms with E-state index < -0.39 is 0 Å². The van der Waals surface area contributed by atoms with Gasteiger partial charge in [0.25, 0.3) is 0 Å². The Balaban J connectivity index is 1.41. The summed E-state index contributed by atoms with van der Waals surface area (Å²) < 4.78 is 10.6. The summed E-state index contributed by atoms with van der Waals surface area (Å²) in [7, 11) is 0. The zero-order chi connectivity index (χ0) is 18.3. The summed E-state index contributed by atoms with van der Waals surface area (Å²) in [4.78, 5) is 21.1. The number of aryl methyl sites for hydroxylation is 3. The monoisotopic (exact) mass is 372 g/mol. The van der Waals surface area contributed by atoms with E-state index in [1.165, 1.54) is 4.88 Å². The molecule has 0 aromatic carbocycles. The van der Waals surface area contributed by atoms with Crippen LogP contribution < -0.4 is 0 Å². The Morgan fingerprint density at radius 2 is 2.12 bits per heavy atom. The topological polar surface area (TPSA) is 85.3 Å². The van der Waals surface area contributed by atoms with E-state index in [4.69, 9.17) is 9.05 Å². The Bertz CT molecular complexity index is 923. The highest BCUT2D eigenvalue weighted by molar-refractivity contribution is 7.15. The normalized spacial score (nSPS) is 16.7. The van der Waals surface area contributed by atoms with E-state index in [1.54, 1.807) is 11.3 Å². The van der Waals surface area contributed by atoms with Crippen molar-refractivity contribution in [2.24, 2.45) is 0 Å². The van der Waals surface area contributed by atoms with E-state index in [1.807, 2.05) is 37.8 Å². The molecule has 26 heavy (non-hydrogen) atoms. The van der Waals surface area contributed by atoms with Gasteiger partial charge < -0.3 is 13.9 Å². The average Bonchev–Trinajstić information content (AvgIpc) is 3.27. The van der Waals surface area contributed by atoms with E-state index >= 15 is 0 Å². The molecule has 0 radical (unpaired) electrons. The Hall–Kier alpha value is -2.48. The molecule has 3 aromatic rings. The van der Waals surface area contributed by atoms with Crippen molar-refractivity contribution in [1.82, 2.24) is 20.2 Å². The molecule has 4 rings (SSSR count). The van der Waals surface area contributed by atoms with Gasteiger partial charge in [0.1, 0.15) is 11.8 Å². The highest BCUT2D eigenvalue weighted by Crippen LogP contribution is 2.35. The lowest BCUT2D eigenvalue weighted by atomic mass is 10.0. The van der Waals surface area contributed by atoms with Crippen LogP contribution in [0.3, 0.4) is 0 Å². The average molecular weight is 372 g/mol. The molecule has 0 unspecified atom stereocenters.